The number of benzene rings is 1. The molecule has 2 heteroatoms. The van der Waals surface area contributed by atoms with Gasteiger partial charge in [-0.2, -0.15) is 0 Å². The third kappa shape index (κ3) is 2.11. The third-order valence-corrected chi connectivity index (χ3v) is 6.31. The Kier molecular flexibility index (Phi) is 2.09. The topological polar surface area (TPSA) is 12.5 Å². The van der Waals surface area contributed by atoms with Crippen molar-refractivity contribution in [1.29, 1.82) is 0 Å². The molecule has 1 saturated heterocycles. The van der Waals surface area contributed by atoms with E-state index in [1.807, 2.05) is 12.1 Å². The van der Waals surface area contributed by atoms with Gasteiger partial charge in [-0.05, 0) is 82.2 Å². The Morgan fingerprint density at radius 3 is 3.14 bits per heavy atom. The van der Waals surface area contributed by atoms with Crippen LogP contribution in [0.5, 0.6) is 5.75 Å². The van der Waals surface area contributed by atoms with Crippen molar-refractivity contribution in [3.63, 3.8) is 0 Å². The maximum Gasteiger partial charge on any atom is 0.119 e. The third-order valence-electron chi connectivity index (χ3n) is 6.31. The van der Waals surface area contributed by atoms with Crippen LogP contribution in [0.25, 0.3) is 0 Å². The summed E-state index contributed by atoms with van der Waals surface area (Å²) in [4.78, 5) is 2.47. The monoisotopic (exact) mass is 306 g/mol. The lowest BCUT2D eigenvalue weighted by atomic mass is 9.52. The molecule has 2 aliphatic carbocycles. The predicted octanol–water partition coefficient (Wildman–Crippen LogP) is 4.16. The van der Waals surface area contributed by atoms with E-state index in [4.69, 9.17) is 14.3 Å². The van der Waals surface area contributed by atoms with E-state index in [-0.39, 0.29) is 11.2 Å². The first-order valence-electron chi connectivity index (χ1n) is 11.9. The van der Waals surface area contributed by atoms with Gasteiger partial charge in [0.15, 0.2) is 0 Å². The molecule has 4 rings (SSSR count). The first kappa shape index (κ1) is 8.73. The maximum absolute atomic E-state index is 8.19. The van der Waals surface area contributed by atoms with E-state index in [0.29, 0.717) is 12.0 Å². The van der Waals surface area contributed by atoms with E-state index in [0.717, 1.165) is 25.8 Å². The molecule has 22 heavy (non-hydrogen) atoms. The first-order valence-corrected chi connectivity index (χ1v) is 8.42. The van der Waals surface area contributed by atoms with Crippen molar-refractivity contribution >= 4 is 0 Å². The van der Waals surface area contributed by atoms with Crippen molar-refractivity contribution in [3.05, 3.63) is 29.3 Å². The Bertz CT molecular complexity index is 776. The van der Waals surface area contributed by atoms with Crippen LogP contribution in [0.2, 0.25) is 0 Å². The van der Waals surface area contributed by atoms with Gasteiger partial charge in [0.25, 0.3) is 0 Å². The summed E-state index contributed by atoms with van der Waals surface area (Å²) in [7, 11) is 2.20. The summed E-state index contributed by atoms with van der Waals surface area (Å²) < 4.78 is 59.3. The normalized spacial score (nSPS) is 40.5. The Labute approximate surface area is 144 Å². The molecule has 2 fully saturated rings. The summed E-state index contributed by atoms with van der Waals surface area (Å²) in [6.45, 7) is -5.17. The van der Waals surface area contributed by atoms with Gasteiger partial charge in [0.2, 0.25) is 0 Å². The first-order chi connectivity index (χ1) is 13.4. The fraction of sp³-hybridized carbons (Fsp3) is 0.700. The average molecular weight is 307 g/mol. The van der Waals surface area contributed by atoms with Crippen molar-refractivity contribution < 1.29 is 14.3 Å². The van der Waals surface area contributed by atoms with Crippen molar-refractivity contribution in [3.8, 4) is 5.75 Å². The highest BCUT2D eigenvalue weighted by atomic mass is 16.5. The van der Waals surface area contributed by atoms with Gasteiger partial charge >= 0.3 is 0 Å². The second kappa shape index (κ2) is 5.26. The van der Waals surface area contributed by atoms with Crippen molar-refractivity contribution in [2.24, 2.45) is 5.92 Å². The zero-order chi connectivity index (χ0) is 21.2. The summed E-state index contributed by atoms with van der Waals surface area (Å²) in [6.07, 6.45) is 3.69. The van der Waals surface area contributed by atoms with E-state index in [9.17, 15) is 0 Å². The number of ether oxygens (including phenoxy) is 1. The molecule has 0 aromatic heterocycles. The number of likely N-dealkylation sites (N-methyl/N-ethyl adjacent to an activating group) is 1. The molecule has 3 aliphatic rings. The smallest absolute Gasteiger partial charge is 0.119 e. The van der Waals surface area contributed by atoms with Crippen LogP contribution in [0.1, 0.15) is 66.5 Å². The highest BCUT2D eigenvalue weighted by Crippen LogP contribution is 2.55. The van der Waals surface area contributed by atoms with Crippen LogP contribution in [-0.2, 0) is 11.8 Å². The molecule has 1 aromatic carbocycles. The second-order valence-electron chi connectivity index (χ2n) is 7.26. The molecule has 0 N–H and O–H groups in total. The molecule has 0 amide bonds. The summed E-state index contributed by atoms with van der Waals surface area (Å²) in [5.41, 5.74) is 2.47. The molecule has 1 heterocycles. The maximum atomic E-state index is 8.19. The zero-order valence-electron chi connectivity index (χ0n) is 20.2. The molecule has 1 aliphatic heterocycles. The molecule has 0 spiro atoms. The molecule has 1 saturated carbocycles. The van der Waals surface area contributed by atoms with E-state index < -0.39 is 19.8 Å². The SMILES string of the molecule is [2H]C([2H])([2H])C([2H])(Oc1ccc2c(c1)[C@]13CCCC[C@@H]1C(C2)N(C)CC3)C([2H])([2H])[2H]. The molecule has 3 atom stereocenters. The quantitative estimate of drug-likeness (QED) is 0.813. The van der Waals surface area contributed by atoms with E-state index in [1.165, 1.54) is 30.4 Å². The minimum Gasteiger partial charge on any atom is -0.491 e. The van der Waals surface area contributed by atoms with Crippen molar-refractivity contribution in [2.45, 2.75) is 69.8 Å². The van der Waals surface area contributed by atoms with E-state index in [2.05, 4.69) is 11.9 Å². The van der Waals surface area contributed by atoms with Crippen LogP contribution >= 0.6 is 0 Å². The largest absolute Gasteiger partial charge is 0.491 e. The molecule has 2 nitrogen and oxygen atoms in total. The number of piperidine rings is 1. The fourth-order valence-corrected chi connectivity index (χ4v) is 5.36. The number of rotatable bonds is 2. The van der Waals surface area contributed by atoms with Crippen molar-refractivity contribution in [1.82, 2.24) is 4.90 Å². The summed E-state index contributed by atoms with van der Waals surface area (Å²) in [6, 6.07) is 5.94. The number of hydrogen-bond acceptors (Lipinski definition) is 2. The Balaban J connectivity index is 1.76. The molecule has 1 aromatic rings. The van der Waals surface area contributed by atoms with Gasteiger partial charge < -0.3 is 9.64 Å². The molecular formula is C20H29NO. The van der Waals surface area contributed by atoms with Gasteiger partial charge in [-0.3, -0.25) is 0 Å². The second-order valence-corrected chi connectivity index (χ2v) is 7.26. The van der Waals surface area contributed by atoms with Gasteiger partial charge in [-0.25, -0.2) is 0 Å². The number of fused-ring (bicyclic) bond motifs is 1. The lowest BCUT2D eigenvalue weighted by molar-refractivity contribution is 0.00266. The fourth-order valence-electron chi connectivity index (χ4n) is 5.36. The van der Waals surface area contributed by atoms with Crippen LogP contribution < -0.4 is 4.74 Å². The molecule has 0 radical (unpaired) electrons. The van der Waals surface area contributed by atoms with Crippen LogP contribution in [0.3, 0.4) is 0 Å². The Morgan fingerprint density at radius 1 is 1.36 bits per heavy atom. The van der Waals surface area contributed by atoms with Gasteiger partial charge in [-0.1, -0.05) is 18.9 Å². The zero-order valence-corrected chi connectivity index (χ0v) is 13.2. The lowest BCUT2D eigenvalue weighted by Gasteiger charge is -2.58. The standard InChI is InChI=1S/C20H29NO/c1-14(2)22-16-8-7-15-12-19-17-6-4-5-9-20(17,18(15)13-16)10-11-21(19)3/h7-8,13-14,17,19H,4-6,9-12H2,1-3H3/t17-,19?,20+/m1/s1/i1D3,2D3,14D. The highest BCUT2D eigenvalue weighted by molar-refractivity contribution is 5.45. The number of nitrogens with zero attached hydrogens (tertiary/aromatic N) is 1. The summed E-state index contributed by atoms with van der Waals surface area (Å²) in [5.74, 6) is 0.728. The molecule has 120 valence electrons. The number of hydrogen-bond donors (Lipinski definition) is 0. The highest BCUT2D eigenvalue weighted by Gasteiger charge is 2.53. The average Bonchev–Trinajstić information content (AvgIpc) is 2.63. The summed E-state index contributed by atoms with van der Waals surface area (Å²) in [5, 5.41) is 0. The van der Waals surface area contributed by atoms with Gasteiger partial charge in [0, 0.05) is 19.7 Å². The minimum atomic E-state index is -3.10. The van der Waals surface area contributed by atoms with E-state index in [1.54, 1.807) is 6.07 Å². The summed E-state index contributed by atoms with van der Waals surface area (Å²) >= 11 is 0. The molecular weight excluding hydrogens is 270 g/mol. The van der Waals surface area contributed by atoms with Gasteiger partial charge in [-0.15, -0.1) is 0 Å². The van der Waals surface area contributed by atoms with Gasteiger partial charge in [0.05, 0.1) is 7.45 Å². The van der Waals surface area contributed by atoms with Crippen molar-refractivity contribution in [2.75, 3.05) is 13.6 Å². The lowest BCUT2D eigenvalue weighted by Crippen LogP contribution is -2.59. The van der Waals surface area contributed by atoms with Crippen LogP contribution in [0.4, 0.5) is 0 Å². The van der Waals surface area contributed by atoms with Crippen LogP contribution in [0.15, 0.2) is 18.2 Å². The van der Waals surface area contributed by atoms with Crippen LogP contribution in [0, 0.1) is 5.92 Å². The van der Waals surface area contributed by atoms with Gasteiger partial charge in [0.1, 0.15) is 5.75 Å². The van der Waals surface area contributed by atoms with E-state index >= 15 is 0 Å². The van der Waals surface area contributed by atoms with Crippen LogP contribution in [-0.4, -0.2) is 30.6 Å². The Hall–Kier alpha value is -1.02. The predicted molar refractivity (Wildman–Crippen MR) is 90.6 cm³/mol. The molecule has 2 bridgehead atoms. The molecule has 1 unspecified atom stereocenters. The minimum absolute atomic E-state index is 0.0486. The number of likely N-dealkylation sites (tertiary alicyclic amines) is 1. The Morgan fingerprint density at radius 2 is 2.27 bits per heavy atom.